The van der Waals surface area contributed by atoms with Gasteiger partial charge in [-0.05, 0) is 42.3 Å². The largest absolute Gasteiger partial charge is 0.508 e. The Labute approximate surface area is 158 Å². The minimum atomic E-state index is -0.408. The van der Waals surface area contributed by atoms with E-state index in [-0.39, 0.29) is 11.5 Å². The summed E-state index contributed by atoms with van der Waals surface area (Å²) in [6, 6.07) is 11.6. The van der Waals surface area contributed by atoms with Crippen LogP contribution in [0.3, 0.4) is 0 Å². The van der Waals surface area contributed by atoms with Crippen LogP contribution in [0.5, 0.6) is 11.5 Å². The number of benzene rings is 2. The van der Waals surface area contributed by atoms with Gasteiger partial charge in [0.2, 0.25) is 0 Å². The van der Waals surface area contributed by atoms with Gasteiger partial charge in [-0.3, -0.25) is 0 Å². The zero-order chi connectivity index (χ0) is 19.1. The third-order valence-corrected chi connectivity index (χ3v) is 4.30. The highest BCUT2D eigenvalue weighted by molar-refractivity contribution is 5.64. The Morgan fingerprint density at radius 3 is 2.26 bits per heavy atom. The normalized spacial score (nSPS) is 10.7. The van der Waals surface area contributed by atoms with Crippen molar-refractivity contribution in [3.63, 3.8) is 0 Å². The summed E-state index contributed by atoms with van der Waals surface area (Å²) in [5, 5.41) is 9.36. The number of hydrogen-bond acceptors (Lipinski definition) is 4. The number of aromatic nitrogens is 2. The van der Waals surface area contributed by atoms with Crippen LogP contribution in [0, 0.1) is 5.82 Å². The fraction of sp³-hybridized carbons (Fsp3) is 0.273. The fourth-order valence-electron chi connectivity index (χ4n) is 2.75. The average Bonchev–Trinajstić information content (AvgIpc) is 2.69. The molecule has 0 atom stereocenters. The second-order valence-corrected chi connectivity index (χ2v) is 6.40. The number of unbranched alkanes of at least 4 members (excludes halogenated alkanes) is 3. The van der Waals surface area contributed by atoms with E-state index in [1.165, 1.54) is 12.5 Å². The van der Waals surface area contributed by atoms with E-state index >= 15 is 0 Å². The molecule has 1 N–H and O–H groups in total. The Morgan fingerprint density at radius 1 is 0.889 bits per heavy atom. The van der Waals surface area contributed by atoms with Gasteiger partial charge in [-0.25, -0.2) is 14.4 Å². The van der Waals surface area contributed by atoms with Gasteiger partial charge in [0, 0.05) is 23.5 Å². The fourth-order valence-corrected chi connectivity index (χ4v) is 2.75. The molecule has 140 valence electrons. The predicted octanol–water partition coefficient (Wildman–Crippen LogP) is 5.61. The number of ether oxygens (including phenoxy) is 1. The van der Waals surface area contributed by atoms with Crippen molar-refractivity contribution in [3.05, 3.63) is 60.7 Å². The molecule has 0 saturated heterocycles. The van der Waals surface area contributed by atoms with Gasteiger partial charge >= 0.3 is 0 Å². The SMILES string of the molecule is CCCCCCOc1ccc(-c2ncc(-c3ccc(O)cc3)cn2)cc1F. The second kappa shape index (κ2) is 9.12. The lowest BCUT2D eigenvalue weighted by Gasteiger charge is -2.09. The lowest BCUT2D eigenvalue weighted by atomic mass is 10.1. The first-order valence-electron chi connectivity index (χ1n) is 9.21. The Hall–Kier alpha value is -2.95. The molecule has 3 rings (SSSR count). The van der Waals surface area contributed by atoms with Gasteiger partial charge in [0.1, 0.15) is 5.75 Å². The van der Waals surface area contributed by atoms with E-state index in [1.807, 2.05) is 0 Å². The van der Waals surface area contributed by atoms with Gasteiger partial charge in [0.05, 0.1) is 6.61 Å². The maximum atomic E-state index is 14.3. The zero-order valence-corrected chi connectivity index (χ0v) is 15.4. The standard InChI is InChI=1S/C22H23FN2O2/c1-2-3-4-5-12-27-21-11-8-17(13-20(21)23)22-24-14-18(15-25-22)16-6-9-19(26)10-7-16/h6-11,13-15,26H,2-5,12H2,1H3. The summed E-state index contributed by atoms with van der Waals surface area (Å²) in [5.74, 6) is 0.510. The maximum Gasteiger partial charge on any atom is 0.165 e. The highest BCUT2D eigenvalue weighted by Gasteiger charge is 2.09. The van der Waals surface area contributed by atoms with Crippen molar-refractivity contribution in [2.24, 2.45) is 0 Å². The molecule has 5 heteroatoms. The molecule has 0 aliphatic rings. The third kappa shape index (κ3) is 5.03. The van der Waals surface area contributed by atoms with E-state index in [2.05, 4.69) is 16.9 Å². The van der Waals surface area contributed by atoms with Crippen molar-refractivity contribution >= 4 is 0 Å². The van der Waals surface area contributed by atoms with E-state index in [0.717, 1.165) is 30.4 Å². The van der Waals surface area contributed by atoms with Gasteiger partial charge in [-0.15, -0.1) is 0 Å². The molecule has 0 aliphatic carbocycles. The number of halogens is 1. The Balaban J connectivity index is 1.67. The highest BCUT2D eigenvalue weighted by atomic mass is 19.1. The van der Waals surface area contributed by atoms with Crippen LogP contribution in [-0.4, -0.2) is 21.7 Å². The first-order valence-corrected chi connectivity index (χ1v) is 9.21. The first-order chi connectivity index (χ1) is 13.2. The number of phenols is 1. The first kappa shape index (κ1) is 18.8. The maximum absolute atomic E-state index is 14.3. The van der Waals surface area contributed by atoms with E-state index in [1.54, 1.807) is 48.8 Å². The van der Waals surface area contributed by atoms with Gasteiger partial charge in [0.25, 0.3) is 0 Å². The number of phenolic OH excluding ortho intramolecular Hbond substituents is 1. The van der Waals surface area contributed by atoms with Crippen LogP contribution in [0.25, 0.3) is 22.5 Å². The van der Waals surface area contributed by atoms with Crippen molar-refractivity contribution in [1.82, 2.24) is 9.97 Å². The minimum Gasteiger partial charge on any atom is -0.508 e. The van der Waals surface area contributed by atoms with Gasteiger partial charge in [0.15, 0.2) is 17.4 Å². The van der Waals surface area contributed by atoms with Crippen molar-refractivity contribution in [3.8, 4) is 34.0 Å². The predicted molar refractivity (Wildman–Crippen MR) is 104 cm³/mol. The third-order valence-electron chi connectivity index (χ3n) is 4.30. The Bertz CT molecular complexity index is 864. The monoisotopic (exact) mass is 366 g/mol. The summed E-state index contributed by atoms with van der Waals surface area (Å²) in [4.78, 5) is 8.67. The lowest BCUT2D eigenvalue weighted by Crippen LogP contribution is -1.99. The molecule has 1 heterocycles. The topological polar surface area (TPSA) is 55.2 Å². The van der Waals surface area contributed by atoms with Crippen molar-refractivity contribution in [1.29, 1.82) is 0 Å². The summed E-state index contributed by atoms with van der Waals surface area (Å²) in [7, 11) is 0. The molecule has 0 radical (unpaired) electrons. The van der Waals surface area contributed by atoms with Gasteiger partial charge < -0.3 is 9.84 Å². The molecule has 1 aromatic heterocycles. The summed E-state index contributed by atoms with van der Waals surface area (Å²) in [6.45, 7) is 2.67. The summed E-state index contributed by atoms with van der Waals surface area (Å²) < 4.78 is 19.8. The number of aromatic hydroxyl groups is 1. The molecule has 0 spiro atoms. The highest BCUT2D eigenvalue weighted by Crippen LogP contribution is 2.25. The summed E-state index contributed by atoms with van der Waals surface area (Å²) >= 11 is 0. The van der Waals surface area contributed by atoms with E-state index in [0.29, 0.717) is 18.0 Å². The molecule has 0 saturated carbocycles. The number of rotatable bonds is 8. The van der Waals surface area contributed by atoms with Crippen LogP contribution < -0.4 is 4.74 Å². The second-order valence-electron chi connectivity index (χ2n) is 6.40. The lowest BCUT2D eigenvalue weighted by molar-refractivity contribution is 0.290. The molecule has 0 unspecified atom stereocenters. The molecular formula is C22H23FN2O2. The van der Waals surface area contributed by atoms with Gasteiger partial charge in [-0.2, -0.15) is 0 Å². The van der Waals surface area contributed by atoms with Crippen molar-refractivity contribution in [2.75, 3.05) is 6.61 Å². The van der Waals surface area contributed by atoms with Crippen LogP contribution in [0.4, 0.5) is 4.39 Å². The van der Waals surface area contributed by atoms with Crippen molar-refractivity contribution in [2.45, 2.75) is 32.6 Å². The quantitative estimate of drug-likeness (QED) is 0.526. The van der Waals surface area contributed by atoms with E-state index in [9.17, 15) is 9.50 Å². The van der Waals surface area contributed by atoms with Crippen LogP contribution in [0.1, 0.15) is 32.6 Å². The Kier molecular flexibility index (Phi) is 6.36. The van der Waals surface area contributed by atoms with Crippen molar-refractivity contribution < 1.29 is 14.2 Å². The molecule has 0 amide bonds. The molecule has 4 nitrogen and oxygen atoms in total. The van der Waals surface area contributed by atoms with Crippen LogP contribution in [0.2, 0.25) is 0 Å². The number of nitrogens with zero attached hydrogens (tertiary/aromatic N) is 2. The molecule has 0 bridgehead atoms. The van der Waals surface area contributed by atoms with Crippen LogP contribution in [-0.2, 0) is 0 Å². The van der Waals surface area contributed by atoms with E-state index in [4.69, 9.17) is 4.74 Å². The summed E-state index contributed by atoms with van der Waals surface area (Å²) in [6.07, 6.45) is 7.72. The molecule has 0 fully saturated rings. The molecule has 0 aliphatic heterocycles. The minimum absolute atomic E-state index is 0.208. The molecular weight excluding hydrogens is 343 g/mol. The van der Waals surface area contributed by atoms with Crippen LogP contribution in [0.15, 0.2) is 54.9 Å². The molecule has 3 aromatic rings. The smallest absolute Gasteiger partial charge is 0.165 e. The summed E-state index contributed by atoms with van der Waals surface area (Å²) in [5.41, 5.74) is 2.33. The zero-order valence-electron chi connectivity index (χ0n) is 15.4. The van der Waals surface area contributed by atoms with E-state index < -0.39 is 5.82 Å². The number of hydrogen-bond donors (Lipinski definition) is 1. The average molecular weight is 366 g/mol. The molecule has 2 aromatic carbocycles. The molecule has 27 heavy (non-hydrogen) atoms. The van der Waals surface area contributed by atoms with Gasteiger partial charge in [-0.1, -0.05) is 38.3 Å². The Morgan fingerprint density at radius 2 is 1.59 bits per heavy atom. The van der Waals surface area contributed by atoms with Crippen LogP contribution >= 0.6 is 0 Å².